The zero-order valence-corrected chi connectivity index (χ0v) is 87.2. The highest BCUT2D eigenvalue weighted by molar-refractivity contribution is 14.1. The Morgan fingerprint density at radius 2 is 0.508 bits per heavy atom. The van der Waals surface area contributed by atoms with Crippen molar-refractivity contribution in [2.24, 2.45) is 5.92 Å². The van der Waals surface area contributed by atoms with Gasteiger partial charge in [0, 0.05) is 133 Å². The van der Waals surface area contributed by atoms with Gasteiger partial charge in [0.2, 0.25) is 18.3 Å². The van der Waals surface area contributed by atoms with Crippen LogP contribution in [0.2, 0.25) is 0 Å². The van der Waals surface area contributed by atoms with E-state index in [0.29, 0.717) is 0 Å². The van der Waals surface area contributed by atoms with Gasteiger partial charge in [0.1, 0.15) is 19.8 Å². The smallest absolute Gasteiger partial charge is 0.303 e. The second-order valence-electron chi connectivity index (χ2n) is 26.7. The highest BCUT2D eigenvalue weighted by Crippen LogP contribution is 2.41. The van der Waals surface area contributed by atoms with E-state index in [4.69, 9.17) is 42.6 Å². The van der Waals surface area contributed by atoms with E-state index in [1.54, 1.807) is 203 Å². The number of aliphatic hydroxyl groups excluding tert-OH is 6. The maximum Gasteiger partial charge on any atom is 0.303 e. The molecule has 9 amide bonds. The molecule has 3 aromatic rings. The molecule has 0 aliphatic heterocycles. The third-order valence-electron chi connectivity index (χ3n) is 16.6. The van der Waals surface area contributed by atoms with Gasteiger partial charge in [0.15, 0.2) is 18.3 Å². The fourth-order valence-corrected chi connectivity index (χ4v) is 24.3. The van der Waals surface area contributed by atoms with Crippen molar-refractivity contribution in [2.45, 2.75) is 137 Å². The normalized spacial score (nSPS) is 13.4. The van der Waals surface area contributed by atoms with Crippen LogP contribution in [0.4, 0.5) is 17.1 Å². The van der Waals surface area contributed by atoms with E-state index >= 15 is 14.4 Å². The second kappa shape index (κ2) is 54.2. The average molecular weight is 2760 g/mol. The summed E-state index contributed by atoms with van der Waals surface area (Å²) >= 11 is 15.4. The predicted molar refractivity (Wildman–Crippen MR) is 507 cm³/mol. The number of likely N-dealkylation sites (N-methyl/N-ethyl adjacent to an activating group) is 3. The van der Waals surface area contributed by atoms with Crippen LogP contribution in [0.1, 0.15) is 144 Å². The Bertz CT molecular complexity index is 4120. The number of nitrogens with one attached hydrogen (secondary N) is 6. The molecule has 0 bridgehead atoms. The number of esters is 9. The molecule has 0 heterocycles. The summed E-state index contributed by atoms with van der Waals surface area (Å²) in [5, 5.41) is 76.8. The van der Waals surface area contributed by atoms with E-state index < -0.39 is 227 Å². The van der Waals surface area contributed by atoms with Gasteiger partial charge in [-0.15, -0.1) is 0 Å². The lowest BCUT2D eigenvalue weighted by molar-refractivity contribution is -0.175. The van der Waals surface area contributed by atoms with Gasteiger partial charge in [-0.1, -0.05) is 0 Å². The van der Waals surface area contributed by atoms with Gasteiger partial charge in [-0.25, -0.2) is 0 Å². The lowest BCUT2D eigenvalue weighted by Gasteiger charge is -2.27. The minimum absolute atomic E-state index is 0.0424. The molecule has 9 unspecified atom stereocenters. The van der Waals surface area contributed by atoms with Crippen molar-refractivity contribution in [3.05, 3.63) is 65.5 Å². The summed E-state index contributed by atoms with van der Waals surface area (Å²) in [5.41, 5.74) is -2.35. The van der Waals surface area contributed by atoms with Gasteiger partial charge < -0.3 is 120 Å². The number of hydrogen-bond acceptors (Lipinski definition) is 33. The third-order valence-corrected chi connectivity index (χ3v) is 26.3. The molecule has 0 aliphatic rings. The zero-order valence-electron chi connectivity index (χ0n) is 67.8. The molecule has 124 heavy (non-hydrogen) atoms. The average Bonchev–Trinajstić information content (AvgIpc) is 0.770. The number of ether oxygens (including phenoxy) is 9. The number of anilines is 3. The highest BCUT2D eigenvalue weighted by Gasteiger charge is 2.43. The summed E-state index contributed by atoms with van der Waals surface area (Å²) in [6, 6.07) is 0. The van der Waals surface area contributed by atoms with Crippen LogP contribution in [-0.2, 0) is 100 Å². The maximum atomic E-state index is 15.1. The number of nitrogens with zero attached hydrogens (tertiary/aromatic N) is 3. The number of benzene rings is 3. The molecule has 0 aliphatic carbocycles. The molecule has 3 rings (SSSR count). The summed E-state index contributed by atoms with van der Waals surface area (Å²) in [7, 11) is 3.79. The first-order valence-electron chi connectivity index (χ1n) is 36.3. The summed E-state index contributed by atoms with van der Waals surface area (Å²) in [5.74, 6) is -18.7. The molecule has 0 saturated heterocycles. The van der Waals surface area contributed by atoms with Gasteiger partial charge in [0.05, 0.1) is 110 Å². The van der Waals surface area contributed by atoms with Gasteiger partial charge >= 0.3 is 53.7 Å². The van der Waals surface area contributed by atoms with Crippen molar-refractivity contribution < 1.29 is 160 Å². The van der Waals surface area contributed by atoms with E-state index in [1.165, 1.54) is 21.1 Å². The Kier molecular flexibility index (Phi) is 49.2. The van der Waals surface area contributed by atoms with Gasteiger partial charge in [-0.05, 0) is 228 Å². The second-order valence-corrected chi connectivity index (χ2v) is 36.4. The fraction of sp³-hybridized carbons (Fsp3) is 0.507. The van der Waals surface area contributed by atoms with Crippen molar-refractivity contribution in [1.82, 2.24) is 30.7 Å². The Hall–Kier alpha value is -5.55. The Morgan fingerprint density at radius 1 is 0.306 bits per heavy atom. The molecule has 0 fully saturated rings. The van der Waals surface area contributed by atoms with Crippen LogP contribution in [-0.4, -0.2) is 307 Å². The largest absolute Gasteiger partial charge is 0.462 e. The maximum absolute atomic E-state index is 15.1. The number of aliphatic hydroxyl groups is 6. The monoisotopic (exact) mass is 2760 g/mol. The molecule has 9 atom stereocenters. The van der Waals surface area contributed by atoms with Crippen molar-refractivity contribution in [3.63, 3.8) is 0 Å². The number of rotatable bonds is 45. The first-order chi connectivity index (χ1) is 57.8. The quantitative estimate of drug-likeness (QED) is 0.0220. The van der Waals surface area contributed by atoms with Crippen molar-refractivity contribution in [2.75, 3.05) is 116 Å². The topological polar surface area (TPSA) is 594 Å². The third kappa shape index (κ3) is 34.1. The fourth-order valence-electron chi connectivity index (χ4n) is 11.1. The molecule has 0 saturated carbocycles. The van der Waals surface area contributed by atoms with E-state index in [9.17, 15) is 103 Å². The molecule has 0 aromatic heterocycles. The molecule has 3 aromatic carbocycles. The van der Waals surface area contributed by atoms with Crippen LogP contribution in [0.15, 0.2) is 0 Å². The number of carbonyl (C=O) groups excluding carboxylic acids is 18. The van der Waals surface area contributed by atoms with Gasteiger partial charge in [-0.2, -0.15) is 0 Å². The van der Waals surface area contributed by atoms with Crippen molar-refractivity contribution in [3.8, 4) is 0 Å². The molecule has 0 spiro atoms. The number of hydrogen-bond donors (Lipinski definition) is 12. The first kappa shape index (κ1) is 113. The number of halogens is 9. The predicted octanol–water partition coefficient (Wildman–Crippen LogP) is 2.87. The van der Waals surface area contributed by atoms with Crippen LogP contribution >= 0.6 is 203 Å². The molecule has 686 valence electrons. The number of amides is 9. The van der Waals surface area contributed by atoms with E-state index in [0.717, 1.165) is 77.0 Å². The Balaban J connectivity index is 2.47. The van der Waals surface area contributed by atoms with Crippen LogP contribution in [0.5, 0.6) is 0 Å². The molecule has 42 nitrogen and oxygen atoms in total. The summed E-state index contributed by atoms with van der Waals surface area (Å²) in [6.45, 7) is 1.54. The molecular formula is C73H88I9N9O33. The van der Waals surface area contributed by atoms with Crippen molar-refractivity contribution in [1.29, 1.82) is 0 Å². The molecule has 51 heteroatoms. The van der Waals surface area contributed by atoms with Crippen LogP contribution in [0.3, 0.4) is 0 Å². The SMILES string of the molecule is CC(=O)OCC(OC(C)=O)C(OC(C)=O)C(=O)Nc1c(I)c(C(=O)NCCC(CCNC(=O)c2c(I)c(NC(=O)C(OC(C)=O)C(COC(C)=O)OC(C)=O)c(I)c(C(=O)N(C)CC(O)CO)c2I)CCNC(=O)c2c(I)c(NC(=O)C(OC(C)=O)C(COC(C)=O)OC(C)=O)c(I)c(C(=O)N(C)CC(O)CO)c2I)c(I)c(C(=O)N(C)CC(O)CO)c1I. The minimum atomic E-state index is -2.06. The van der Waals surface area contributed by atoms with E-state index in [-0.39, 0.29) is 121 Å². The lowest BCUT2D eigenvalue weighted by atomic mass is 9.96. The van der Waals surface area contributed by atoms with E-state index in [1.807, 2.05) is 0 Å². The van der Waals surface area contributed by atoms with Crippen LogP contribution in [0.25, 0.3) is 0 Å². The molecular weight excluding hydrogens is 2670 g/mol. The highest BCUT2D eigenvalue weighted by atomic mass is 127. The Morgan fingerprint density at radius 3 is 0.694 bits per heavy atom. The van der Waals surface area contributed by atoms with Gasteiger partial charge in [0.25, 0.3) is 53.2 Å². The van der Waals surface area contributed by atoms with Crippen LogP contribution < -0.4 is 31.9 Å². The lowest BCUT2D eigenvalue weighted by Crippen LogP contribution is -2.46. The molecule has 12 N–H and O–H groups in total. The van der Waals surface area contributed by atoms with E-state index in [2.05, 4.69) is 31.9 Å². The summed E-state index contributed by atoms with van der Waals surface area (Å²) in [4.78, 5) is 247. The van der Waals surface area contributed by atoms with Crippen LogP contribution in [0, 0.1) is 38.0 Å². The van der Waals surface area contributed by atoms with Crippen molar-refractivity contribution >= 4 is 327 Å². The minimum Gasteiger partial charge on any atom is -0.462 e. The number of carbonyl (C=O) groups is 18. The molecule has 0 radical (unpaired) electrons. The summed E-state index contributed by atoms with van der Waals surface area (Å²) in [6.07, 6.45) is -16.2. The zero-order chi connectivity index (χ0) is 94.5. The summed E-state index contributed by atoms with van der Waals surface area (Å²) < 4.78 is 46.5. The Labute approximate surface area is 831 Å². The van der Waals surface area contributed by atoms with Gasteiger partial charge in [-0.3, -0.25) is 86.3 Å². The standard InChI is InChI=1S/C73H88I9N9O33/c1-28(95)116-25-41(119-31(4)98)62(122-34(7)101)68(110)86-59-53(77)44(50(74)47(56(59)80)71(113)89(10)19-38(104)22-92)65(107)83-16-13-37(14-17-84-66(108)45-51(75)48(72(114)90(11)20-39(105)23-93)57(81)60(54(45)78)87-69(111)63(123-35(8)102)42(120-32(5)99)26-117-29(2)96)15-18-85-67(109)46-52(76)49(73(115)91(12)21-40(106)24-94)58(82)61(55(46)79)88-70(112)64(124-36(9)103)43(121-33(6)100)27-118-30(3)97/h37-43,62-64,92-94,104-106H,13-27H2,1-12H3,(H,83,107)(H,84,108)(H,85,109)(H,86,110)(H,87,111)(H,88,112). The first-order valence-corrected chi connectivity index (χ1v) is 46.0.